The highest BCUT2D eigenvalue weighted by Gasteiger charge is 2.38. The zero-order valence-corrected chi connectivity index (χ0v) is 19.9. The van der Waals surface area contributed by atoms with Gasteiger partial charge >= 0.3 is 0 Å². The lowest BCUT2D eigenvalue weighted by Gasteiger charge is -2.21. The van der Waals surface area contributed by atoms with E-state index >= 15 is 0 Å². The van der Waals surface area contributed by atoms with Crippen LogP contribution in [0, 0.1) is 0 Å². The Morgan fingerprint density at radius 1 is 0.636 bits per heavy atom. The summed E-state index contributed by atoms with van der Waals surface area (Å²) in [6, 6.07) is 36.7. The first kappa shape index (κ1) is 22.7. The first-order valence-electron chi connectivity index (χ1n) is 10.9. The highest BCUT2D eigenvalue weighted by Crippen LogP contribution is 2.32. The van der Waals surface area contributed by atoms with Gasteiger partial charge < -0.3 is 0 Å². The Balaban J connectivity index is 0.000000160. The summed E-state index contributed by atoms with van der Waals surface area (Å²) >= 11 is 3.39. The smallest absolute Gasteiger partial charge is 0.292 e. The van der Waals surface area contributed by atoms with Crippen LogP contribution in [-0.2, 0) is 4.79 Å². The summed E-state index contributed by atoms with van der Waals surface area (Å²) in [6.07, 6.45) is 0.757. The fourth-order valence-electron chi connectivity index (χ4n) is 3.79. The van der Waals surface area contributed by atoms with Crippen molar-refractivity contribution in [1.82, 2.24) is 0 Å². The molecular formula is C29H24BrNO2. The Morgan fingerprint density at radius 2 is 1.06 bits per heavy atom. The minimum Gasteiger partial charge on any atom is -0.292 e. The van der Waals surface area contributed by atoms with E-state index in [1.165, 1.54) is 27.2 Å². The van der Waals surface area contributed by atoms with Crippen molar-refractivity contribution in [3.05, 3.63) is 115 Å². The Morgan fingerprint density at radius 3 is 1.55 bits per heavy atom. The van der Waals surface area contributed by atoms with Gasteiger partial charge in [-0.15, -0.1) is 0 Å². The molecule has 0 bridgehead atoms. The first-order chi connectivity index (χ1) is 16.1. The number of carbonyl (C=O) groups excluding carboxylic acids is 2. The molecule has 164 valence electrons. The van der Waals surface area contributed by atoms with Crippen LogP contribution in [0.4, 0.5) is 5.69 Å². The quantitative estimate of drug-likeness (QED) is 0.167. The molecule has 1 aliphatic rings. The second kappa shape index (κ2) is 10.4. The van der Waals surface area contributed by atoms with Crippen LogP contribution in [-0.4, -0.2) is 16.6 Å². The Hall–Kier alpha value is -3.50. The lowest BCUT2D eigenvalue weighted by molar-refractivity contribution is -0.114. The number of hydrogen-bond donors (Lipinski definition) is 0. The molecule has 4 aromatic carbocycles. The number of carbonyl (C=O) groups is 2. The number of ketones is 1. The van der Waals surface area contributed by atoms with E-state index in [-0.39, 0.29) is 4.95 Å². The molecule has 1 amide bonds. The molecule has 0 saturated carbocycles. The number of amides is 1. The summed E-state index contributed by atoms with van der Waals surface area (Å²) in [7, 11) is 0. The van der Waals surface area contributed by atoms with Crippen molar-refractivity contribution in [1.29, 1.82) is 0 Å². The van der Waals surface area contributed by atoms with Gasteiger partial charge in [-0.3, -0.25) is 14.5 Å². The fraction of sp³-hybridized carbons (Fsp3) is 0.103. The minimum absolute atomic E-state index is 0.113. The Labute approximate surface area is 202 Å². The number of Topliss-reactive ketones (excluding diaryl/α,β-unsaturated/α-hetero) is 1. The van der Waals surface area contributed by atoms with Gasteiger partial charge in [0, 0.05) is 0 Å². The van der Waals surface area contributed by atoms with Crippen molar-refractivity contribution in [3.63, 3.8) is 0 Å². The van der Waals surface area contributed by atoms with Crippen molar-refractivity contribution >= 4 is 33.3 Å². The number of hydrogen-bond acceptors (Lipinski definition) is 2. The SMILES string of the molecule is CCC(Br)N1C(=O)C(=O)c2ccccc21.c1ccc(-c2ccc(-c3ccccc3)cc2)cc1. The molecule has 0 radical (unpaired) electrons. The van der Waals surface area contributed by atoms with E-state index in [9.17, 15) is 9.59 Å². The van der Waals surface area contributed by atoms with E-state index in [1.807, 2.05) is 25.1 Å². The molecule has 3 nitrogen and oxygen atoms in total. The largest absolute Gasteiger partial charge is 0.300 e. The van der Waals surface area contributed by atoms with Crippen LogP contribution in [0.2, 0.25) is 0 Å². The lowest BCUT2D eigenvalue weighted by Crippen LogP contribution is -2.35. The summed E-state index contributed by atoms with van der Waals surface area (Å²) in [4.78, 5) is 24.7. The molecule has 0 saturated heterocycles. The zero-order valence-electron chi connectivity index (χ0n) is 18.3. The molecule has 0 aliphatic carbocycles. The standard InChI is InChI=1S/C18H14.C11H10BrNO2/c1-3-7-15(8-4-1)17-11-13-18(14-12-17)16-9-5-2-6-10-16;1-2-9(12)13-8-6-4-3-5-7(8)10(14)11(13)15/h1-14H;3-6,9H,2H2,1H3. The lowest BCUT2D eigenvalue weighted by atomic mass is 10.0. The van der Waals surface area contributed by atoms with Crippen LogP contribution in [0.3, 0.4) is 0 Å². The van der Waals surface area contributed by atoms with Crippen LogP contribution in [0.1, 0.15) is 23.7 Å². The maximum absolute atomic E-state index is 11.7. The third kappa shape index (κ3) is 4.96. The molecule has 0 aromatic heterocycles. The number of fused-ring (bicyclic) bond motifs is 1. The van der Waals surface area contributed by atoms with Crippen molar-refractivity contribution in [3.8, 4) is 22.3 Å². The predicted molar refractivity (Wildman–Crippen MR) is 139 cm³/mol. The van der Waals surface area contributed by atoms with Gasteiger partial charge in [-0.25, -0.2) is 0 Å². The van der Waals surface area contributed by atoms with Crippen molar-refractivity contribution < 1.29 is 9.59 Å². The molecule has 1 heterocycles. The van der Waals surface area contributed by atoms with Crippen LogP contribution in [0.5, 0.6) is 0 Å². The maximum atomic E-state index is 11.7. The molecular weight excluding hydrogens is 474 g/mol. The molecule has 1 atom stereocenters. The van der Waals surface area contributed by atoms with Crippen molar-refractivity contribution in [2.45, 2.75) is 18.3 Å². The maximum Gasteiger partial charge on any atom is 0.300 e. The van der Waals surface area contributed by atoms with Gasteiger partial charge in [-0.05, 0) is 40.8 Å². The number of anilines is 1. The van der Waals surface area contributed by atoms with E-state index < -0.39 is 11.7 Å². The van der Waals surface area contributed by atoms with E-state index in [4.69, 9.17) is 0 Å². The second-order valence-corrected chi connectivity index (χ2v) is 8.73. The van der Waals surface area contributed by atoms with Crippen molar-refractivity contribution in [2.75, 3.05) is 4.90 Å². The Bertz CT molecular complexity index is 1180. The fourth-order valence-corrected chi connectivity index (χ4v) is 4.19. The molecule has 33 heavy (non-hydrogen) atoms. The van der Waals surface area contributed by atoms with Crippen LogP contribution in [0.25, 0.3) is 22.3 Å². The highest BCUT2D eigenvalue weighted by molar-refractivity contribution is 9.09. The van der Waals surface area contributed by atoms with Gasteiger partial charge in [-0.2, -0.15) is 0 Å². The number of rotatable bonds is 4. The van der Waals surface area contributed by atoms with Gasteiger partial charge in [-0.1, -0.05) is 120 Å². The van der Waals surface area contributed by atoms with E-state index in [0.29, 0.717) is 11.3 Å². The second-order valence-electron chi connectivity index (χ2n) is 7.67. The molecule has 0 N–H and O–H groups in total. The van der Waals surface area contributed by atoms with Crippen LogP contribution in [0.15, 0.2) is 109 Å². The topological polar surface area (TPSA) is 37.4 Å². The summed E-state index contributed by atoms with van der Waals surface area (Å²) in [5.74, 6) is -0.858. The number of halogens is 1. The Kier molecular flexibility index (Phi) is 7.16. The average molecular weight is 498 g/mol. The van der Waals surface area contributed by atoms with E-state index in [2.05, 4.69) is 88.7 Å². The normalized spacial score (nSPS) is 13.2. The monoisotopic (exact) mass is 497 g/mol. The van der Waals surface area contributed by atoms with Crippen molar-refractivity contribution in [2.24, 2.45) is 0 Å². The summed E-state index contributed by atoms with van der Waals surface area (Å²) in [6.45, 7) is 1.96. The molecule has 4 aromatic rings. The van der Waals surface area contributed by atoms with E-state index in [1.54, 1.807) is 18.2 Å². The minimum atomic E-state index is -0.445. The molecule has 4 heteroatoms. The van der Waals surface area contributed by atoms with Gasteiger partial charge in [0.05, 0.1) is 16.2 Å². The van der Waals surface area contributed by atoms with Crippen LogP contribution < -0.4 is 4.90 Å². The molecule has 1 unspecified atom stereocenters. The van der Waals surface area contributed by atoms with Gasteiger partial charge in [0.1, 0.15) is 0 Å². The number of nitrogens with zero attached hydrogens (tertiary/aromatic N) is 1. The number of benzene rings is 4. The third-order valence-electron chi connectivity index (χ3n) is 5.54. The number of para-hydroxylation sites is 1. The first-order valence-corrected chi connectivity index (χ1v) is 11.8. The molecule has 5 rings (SSSR count). The summed E-state index contributed by atoms with van der Waals surface area (Å²) in [5.41, 5.74) is 6.25. The molecule has 1 aliphatic heterocycles. The van der Waals surface area contributed by atoms with Gasteiger partial charge in [0.25, 0.3) is 11.7 Å². The summed E-state index contributed by atoms with van der Waals surface area (Å²) < 4.78 is 0. The summed E-state index contributed by atoms with van der Waals surface area (Å²) in [5, 5.41) is 0. The molecule has 0 fully saturated rings. The third-order valence-corrected chi connectivity index (χ3v) is 6.59. The van der Waals surface area contributed by atoms with Gasteiger partial charge in [0.15, 0.2) is 0 Å². The predicted octanol–water partition coefficient (Wildman–Crippen LogP) is 7.37. The van der Waals surface area contributed by atoms with Gasteiger partial charge in [0.2, 0.25) is 0 Å². The molecule has 0 spiro atoms. The highest BCUT2D eigenvalue weighted by atomic mass is 79.9. The number of alkyl halides is 1. The zero-order chi connectivity index (χ0) is 23.2. The van der Waals surface area contributed by atoms with E-state index in [0.717, 1.165) is 6.42 Å². The average Bonchev–Trinajstić information content (AvgIpc) is 3.15. The van der Waals surface area contributed by atoms with Crippen LogP contribution >= 0.6 is 15.9 Å².